The molecule has 0 aliphatic heterocycles. The summed E-state index contributed by atoms with van der Waals surface area (Å²) >= 11 is 0. The summed E-state index contributed by atoms with van der Waals surface area (Å²) in [7, 11) is 0. The van der Waals surface area contributed by atoms with Crippen LogP contribution in [0.25, 0.3) is 21.9 Å². The second-order valence-corrected chi connectivity index (χ2v) is 7.86. The van der Waals surface area contributed by atoms with E-state index in [-0.39, 0.29) is 28.7 Å². The lowest BCUT2D eigenvalue weighted by atomic mass is 9.86. The van der Waals surface area contributed by atoms with Gasteiger partial charge in [-0.3, -0.25) is 0 Å². The van der Waals surface area contributed by atoms with E-state index in [0.29, 0.717) is 22.9 Å². The van der Waals surface area contributed by atoms with Crippen molar-refractivity contribution in [1.29, 1.82) is 10.5 Å². The molecule has 3 aromatic carbocycles. The standard InChI is InChI=1S/C25H18F6N2/c1-3-4-14(2)15-5-6-16-7-18(12-32)22(13-33)23(21(16)10-15)17-8-19(24(26,27)28)11-20(9-17)25(29,30)31/h5-11,14H,3-4H2,1-2H3. The van der Waals surface area contributed by atoms with Gasteiger partial charge in [-0.25, -0.2) is 0 Å². The molecule has 3 aromatic rings. The van der Waals surface area contributed by atoms with Gasteiger partial charge in [0.15, 0.2) is 0 Å². The van der Waals surface area contributed by atoms with Crippen LogP contribution >= 0.6 is 0 Å². The van der Waals surface area contributed by atoms with Crippen molar-refractivity contribution in [1.82, 2.24) is 0 Å². The predicted molar refractivity (Wildman–Crippen MR) is 112 cm³/mol. The maximum atomic E-state index is 13.5. The van der Waals surface area contributed by atoms with Crippen molar-refractivity contribution in [2.45, 2.75) is 45.0 Å². The number of benzene rings is 3. The van der Waals surface area contributed by atoms with Crippen molar-refractivity contribution in [3.8, 4) is 23.3 Å². The van der Waals surface area contributed by atoms with Crippen LogP contribution in [0.1, 0.15) is 60.4 Å². The number of fused-ring (bicyclic) bond motifs is 1. The lowest BCUT2D eigenvalue weighted by molar-refractivity contribution is -0.143. The Bertz CT molecular complexity index is 1260. The number of alkyl halides is 6. The highest BCUT2D eigenvalue weighted by Crippen LogP contribution is 2.42. The number of rotatable bonds is 4. The Balaban J connectivity index is 2.48. The minimum absolute atomic E-state index is 0.0423. The SMILES string of the molecule is CCCC(C)c1ccc2cc(C#N)c(C#N)c(-c3cc(C(F)(F)F)cc(C(F)(F)F)c3)c2c1. The lowest BCUT2D eigenvalue weighted by Gasteiger charge is -2.18. The summed E-state index contributed by atoms with van der Waals surface area (Å²) in [6.07, 6.45) is -8.37. The second kappa shape index (κ2) is 8.78. The molecular weight excluding hydrogens is 442 g/mol. The molecule has 0 bridgehead atoms. The van der Waals surface area contributed by atoms with Gasteiger partial charge in [-0.2, -0.15) is 36.9 Å². The third-order valence-electron chi connectivity index (χ3n) is 5.57. The Morgan fingerprint density at radius 1 is 0.848 bits per heavy atom. The fraction of sp³-hybridized carbons (Fsp3) is 0.280. The van der Waals surface area contributed by atoms with Crippen LogP contribution in [-0.4, -0.2) is 0 Å². The molecule has 0 spiro atoms. The molecule has 0 aliphatic rings. The first-order valence-electron chi connectivity index (χ1n) is 10.1. The van der Waals surface area contributed by atoms with E-state index in [9.17, 15) is 36.9 Å². The molecule has 8 heteroatoms. The van der Waals surface area contributed by atoms with E-state index >= 15 is 0 Å². The van der Waals surface area contributed by atoms with Gasteiger partial charge in [0.2, 0.25) is 0 Å². The highest BCUT2D eigenvalue weighted by molar-refractivity contribution is 6.01. The lowest BCUT2D eigenvalue weighted by Crippen LogP contribution is -2.11. The molecule has 0 radical (unpaired) electrons. The zero-order valence-corrected chi connectivity index (χ0v) is 17.7. The van der Waals surface area contributed by atoms with E-state index < -0.39 is 29.0 Å². The van der Waals surface area contributed by atoms with Gasteiger partial charge < -0.3 is 0 Å². The fourth-order valence-electron chi connectivity index (χ4n) is 3.92. The monoisotopic (exact) mass is 460 g/mol. The van der Waals surface area contributed by atoms with E-state index in [1.807, 2.05) is 32.1 Å². The van der Waals surface area contributed by atoms with Gasteiger partial charge in [0, 0.05) is 5.56 Å². The van der Waals surface area contributed by atoms with E-state index in [4.69, 9.17) is 0 Å². The van der Waals surface area contributed by atoms with Crippen LogP contribution in [0.15, 0.2) is 42.5 Å². The van der Waals surface area contributed by atoms with Crippen molar-refractivity contribution in [3.05, 3.63) is 70.3 Å². The zero-order valence-electron chi connectivity index (χ0n) is 17.7. The summed E-state index contributed by atoms with van der Waals surface area (Å²) in [5.41, 5.74) is -3.06. The van der Waals surface area contributed by atoms with E-state index in [1.165, 1.54) is 6.07 Å². The summed E-state index contributed by atoms with van der Waals surface area (Å²) in [6, 6.07) is 11.4. The molecule has 0 saturated carbocycles. The van der Waals surface area contributed by atoms with Crippen LogP contribution in [0.2, 0.25) is 0 Å². The number of hydrogen-bond donors (Lipinski definition) is 0. The Hall–Kier alpha value is -3.52. The smallest absolute Gasteiger partial charge is 0.192 e. The van der Waals surface area contributed by atoms with Crippen molar-refractivity contribution >= 4 is 10.8 Å². The van der Waals surface area contributed by atoms with E-state index in [1.54, 1.807) is 12.1 Å². The van der Waals surface area contributed by atoms with Crippen LogP contribution in [-0.2, 0) is 12.4 Å². The predicted octanol–water partition coefficient (Wildman–Crippen LogP) is 8.19. The quantitative estimate of drug-likeness (QED) is 0.369. The van der Waals surface area contributed by atoms with Gasteiger partial charge in [-0.15, -0.1) is 0 Å². The van der Waals surface area contributed by atoms with Crippen LogP contribution in [0.3, 0.4) is 0 Å². The summed E-state index contributed by atoms with van der Waals surface area (Å²) in [6.45, 7) is 3.96. The fourth-order valence-corrected chi connectivity index (χ4v) is 3.92. The summed E-state index contributed by atoms with van der Waals surface area (Å²) in [5.74, 6) is 0.0840. The van der Waals surface area contributed by atoms with Crippen molar-refractivity contribution in [2.75, 3.05) is 0 Å². The topological polar surface area (TPSA) is 47.6 Å². The Morgan fingerprint density at radius 3 is 1.94 bits per heavy atom. The van der Waals surface area contributed by atoms with Crippen LogP contribution in [0, 0.1) is 22.7 Å². The maximum absolute atomic E-state index is 13.5. The van der Waals surface area contributed by atoms with E-state index in [0.717, 1.165) is 18.4 Å². The Morgan fingerprint density at radius 2 is 1.45 bits per heavy atom. The summed E-state index contributed by atoms with van der Waals surface area (Å²) in [4.78, 5) is 0. The van der Waals surface area contributed by atoms with Crippen LogP contribution in [0.4, 0.5) is 26.3 Å². The number of nitriles is 2. The molecule has 1 unspecified atom stereocenters. The highest BCUT2D eigenvalue weighted by Gasteiger charge is 2.37. The van der Waals surface area contributed by atoms with Gasteiger partial charge >= 0.3 is 12.4 Å². The summed E-state index contributed by atoms with van der Waals surface area (Å²) < 4.78 is 80.8. The van der Waals surface area contributed by atoms with Gasteiger partial charge in [-0.1, -0.05) is 38.5 Å². The van der Waals surface area contributed by atoms with Crippen molar-refractivity contribution < 1.29 is 26.3 Å². The summed E-state index contributed by atoms with van der Waals surface area (Å²) in [5, 5.41) is 20.0. The Kier molecular flexibility index (Phi) is 6.42. The first-order chi connectivity index (χ1) is 15.4. The zero-order chi connectivity index (χ0) is 24.6. The van der Waals surface area contributed by atoms with Crippen molar-refractivity contribution in [3.63, 3.8) is 0 Å². The molecule has 1 atom stereocenters. The minimum Gasteiger partial charge on any atom is -0.192 e. The van der Waals surface area contributed by atoms with E-state index in [2.05, 4.69) is 0 Å². The molecule has 2 nitrogen and oxygen atoms in total. The largest absolute Gasteiger partial charge is 0.416 e. The molecule has 0 aliphatic carbocycles. The molecule has 0 heterocycles. The molecule has 0 saturated heterocycles. The third-order valence-corrected chi connectivity index (χ3v) is 5.57. The van der Waals surface area contributed by atoms with Gasteiger partial charge in [-0.05, 0) is 58.5 Å². The van der Waals surface area contributed by atoms with Gasteiger partial charge in [0.25, 0.3) is 0 Å². The number of hydrogen-bond acceptors (Lipinski definition) is 2. The minimum atomic E-state index is -5.04. The van der Waals surface area contributed by atoms with Gasteiger partial charge in [0.05, 0.1) is 22.3 Å². The normalized spacial score (nSPS) is 12.9. The average Bonchev–Trinajstić information content (AvgIpc) is 2.75. The highest BCUT2D eigenvalue weighted by atomic mass is 19.4. The molecular formula is C25H18F6N2. The van der Waals surface area contributed by atoms with Crippen LogP contribution < -0.4 is 0 Å². The molecule has 3 rings (SSSR count). The molecule has 0 N–H and O–H groups in total. The van der Waals surface area contributed by atoms with Gasteiger partial charge in [0.1, 0.15) is 12.1 Å². The van der Waals surface area contributed by atoms with Crippen molar-refractivity contribution in [2.24, 2.45) is 0 Å². The first kappa shape index (κ1) is 24.1. The molecule has 170 valence electrons. The molecule has 0 fully saturated rings. The maximum Gasteiger partial charge on any atom is 0.416 e. The Labute approximate surface area is 186 Å². The third kappa shape index (κ3) is 4.80. The molecule has 33 heavy (non-hydrogen) atoms. The molecule has 0 aromatic heterocycles. The van der Waals surface area contributed by atoms with Crippen LogP contribution in [0.5, 0.6) is 0 Å². The number of nitrogens with zero attached hydrogens (tertiary/aromatic N) is 2. The second-order valence-electron chi connectivity index (χ2n) is 7.86. The molecule has 0 amide bonds. The average molecular weight is 460 g/mol. The first-order valence-corrected chi connectivity index (χ1v) is 10.1. The number of halogens is 6.